The van der Waals surface area contributed by atoms with Crippen LogP contribution in [0.25, 0.3) is 0 Å². The Hall–Kier alpha value is -2.93. The van der Waals surface area contributed by atoms with Crippen LogP contribution < -0.4 is 24.4 Å². The van der Waals surface area contributed by atoms with Crippen LogP contribution in [0.2, 0.25) is 0 Å². The molecule has 0 radical (unpaired) electrons. The van der Waals surface area contributed by atoms with E-state index in [1.807, 2.05) is 24.3 Å². The number of benzene rings is 2. The van der Waals surface area contributed by atoms with Crippen molar-refractivity contribution in [3.8, 4) is 17.2 Å². The van der Waals surface area contributed by atoms with Gasteiger partial charge in [0.1, 0.15) is 0 Å². The summed E-state index contributed by atoms with van der Waals surface area (Å²) in [5.41, 5.74) is 2.24. The van der Waals surface area contributed by atoms with E-state index in [1.54, 1.807) is 12.1 Å². The minimum Gasteiger partial charge on any atom is -0.493 e. The van der Waals surface area contributed by atoms with Gasteiger partial charge in [-0.05, 0) is 43.3 Å². The third-order valence-electron chi connectivity index (χ3n) is 4.75. The molecule has 0 spiro atoms. The van der Waals surface area contributed by atoms with Crippen LogP contribution in [0.5, 0.6) is 17.2 Å². The normalized spacial score (nSPS) is 16.4. The maximum Gasteiger partial charge on any atom is 0.255 e. The Labute approximate surface area is 165 Å². The molecule has 150 valence electrons. The van der Waals surface area contributed by atoms with E-state index >= 15 is 0 Å². The fraction of sp³-hybridized carbons (Fsp3) is 0.381. The Balaban J connectivity index is 1.76. The van der Waals surface area contributed by atoms with Crippen molar-refractivity contribution < 1.29 is 23.7 Å². The highest BCUT2D eigenvalue weighted by Crippen LogP contribution is 2.38. The van der Waals surface area contributed by atoms with E-state index in [9.17, 15) is 4.79 Å². The van der Waals surface area contributed by atoms with Crippen molar-refractivity contribution in [3.05, 3.63) is 42.0 Å². The van der Waals surface area contributed by atoms with Crippen molar-refractivity contribution >= 4 is 17.3 Å². The molecule has 0 bridgehead atoms. The highest BCUT2D eigenvalue weighted by molar-refractivity contribution is 6.05. The van der Waals surface area contributed by atoms with E-state index in [4.69, 9.17) is 18.9 Å². The van der Waals surface area contributed by atoms with Gasteiger partial charge in [0.2, 0.25) is 5.75 Å². The van der Waals surface area contributed by atoms with Gasteiger partial charge in [0, 0.05) is 29.5 Å². The third-order valence-corrected chi connectivity index (χ3v) is 4.75. The predicted octanol–water partition coefficient (Wildman–Crippen LogP) is 3.19. The maximum absolute atomic E-state index is 12.7. The SMILES string of the molecule is COc1cc(C(=O)Nc2ccc(N3CCOCC3C)cc2)cc(OC)c1OC. The lowest BCUT2D eigenvalue weighted by molar-refractivity contribution is 0.0989. The number of ether oxygens (including phenoxy) is 4. The highest BCUT2D eigenvalue weighted by Gasteiger charge is 2.20. The fourth-order valence-electron chi connectivity index (χ4n) is 3.26. The van der Waals surface area contributed by atoms with E-state index in [-0.39, 0.29) is 5.91 Å². The van der Waals surface area contributed by atoms with Crippen LogP contribution in [-0.4, -0.2) is 53.0 Å². The summed E-state index contributed by atoms with van der Waals surface area (Å²) in [6.07, 6.45) is 0. The van der Waals surface area contributed by atoms with E-state index in [0.29, 0.717) is 34.5 Å². The van der Waals surface area contributed by atoms with Crippen LogP contribution in [-0.2, 0) is 4.74 Å². The molecule has 0 saturated carbocycles. The van der Waals surface area contributed by atoms with Gasteiger partial charge in [0.15, 0.2) is 11.5 Å². The number of rotatable bonds is 6. The van der Waals surface area contributed by atoms with Crippen LogP contribution in [0, 0.1) is 0 Å². The van der Waals surface area contributed by atoms with Crippen LogP contribution in [0.15, 0.2) is 36.4 Å². The molecule has 1 aliphatic rings. The first kappa shape index (κ1) is 19.8. The van der Waals surface area contributed by atoms with Crippen molar-refractivity contribution in [2.75, 3.05) is 51.3 Å². The van der Waals surface area contributed by atoms with Crippen molar-refractivity contribution in [1.29, 1.82) is 0 Å². The largest absolute Gasteiger partial charge is 0.493 e. The summed E-state index contributed by atoms with van der Waals surface area (Å²) in [6, 6.07) is 11.4. The molecule has 0 aliphatic carbocycles. The molecule has 1 N–H and O–H groups in total. The lowest BCUT2D eigenvalue weighted by Gasteiger charge is -2.35. The predicted molar refractivity (Wildman–Crippen MR) is 108 cm³/mol. The number of morpholine rings is 1. The average molecular weight is 386 g/mol. The summed E-state index contributed by atoms with van der Waals surface area (Å²) in [6.45, 7) is 4.45. The van der Waals surface area contributed by atoms with Gasteiger partial charge in [-0.2, -0.15) is 0 Å². The number of methoxy groups -OCH3 is 3. The number of anilines is 2. The van der Waals surface area contributed by atoms with Crippen LogP contribution >= 0.6 is 0 Å². The second-order valence-electron chi connectivity index (χ2n) is 6.53. The van der Waals surface area contributed by atoms with Gasteiger partial charge in [-0.15, -0.1) is 0 Å². The number of hydrogen-bond acceptors (Lipinski definition) is 6. The van der Waals surface area contributed by atoms with Gasteiger partial charge >= 0.3 is 0 Å². The molecular formula is C21H26N2O5. The zero-order chi connectivity index (χ0) is 20.1. The zero-order valence-corrected chi connectivity index (χ0v) is 16.7. The number of amides is 1. The third kappa shape index (κ3) is 4.14. The molecule has 3 rings (SSSR count). The van der Waals surface area contributed by atoms with Crippen LogP contribution in [0.1, 0.15) is 17.3 Å². The van der Waals surface area contributed by atoms with Crippen molar-refractivity contribution in [2.45, 2.75) is 13.0 Å². The first-order valence-corrected chi connectivity index (χ1v) is 9.13. The van der Waals surface area contributed by atoms with Gasteiger partial charge in [0.05, 0.1) is 34.5 Å². The second-order valence-corrected chi connectivity index (χ2v) is 6.53. The monoisotopic (exact) mass is 386 g/mol. The number of carbonyl (C=O) groups is 1. The number of nitrogens with zero attached hydrogens (tertiary/aromatic N) is 1. The molecule has 0 aromatic heterocycles. The van der Waals surface area contributed by atoms with E-state index in [0.717, 1.165) is 25.4 Å². The highest BCUT2D eigenvalue weighted by atomic mass is 16.5. The minimum atomic E-state index is -0.258. The van der Waals surface area contributed by atoms with Crippen molar-refractivity contribution in [1.82, 2.24) is 0 Å². The van der Waals surface area contributed by atoms with E-state index in [2.05, 4.69) is 17.1 Å². The quantitative estimate of drug-likeness (QED) is 0.822. The van der Waals surface area contributed by atoms with Crippen LogP contribution in [0.3, 0.4) is 0 Å². The van der Waals surface area contributed by atoms with Gasteiger partial charge in [-0.25, -0.2) is 0 Å². The molecule has 1 atom stereocenters. The topological polar surface area (TPSA) is 69.3 Å². The molecule has 1 heterocycles. The fourth-order valence-corrected chi connectivity index (χ4v) is 3.26. The summed E-state index contributed by atoms with van der Waals surface area (Å²) in [4.78, 5) is 15.0. The van der Waals surface area contributed by atoms with Gasteiger partial charge in [-0.3, -0.25) is 4.79 Å². The molecule has 2 aromatic carbocycles. The van der Waals surface area contributed by atoms with Crippen molar-refractivity contribution in [3.63, 3.8) is 0 Å². The molecule has 2 aromatic rings. The van der Waals surface area contributed by atoms with E-state index in [1.165, 1.54) is 21.3 Å². The Kier molecular flexibility index (Phi) is 6.26. The molecule has 1 unspecified atom stereocenters. The summed E-state index contributed by atoms with van der Waals surface area (Å²) < 4.78 is 21.4. The first-order valence-electron chi connectivity index (χ1n) is 9.13. The second kappa shape index (κ2) is 8.84. The summed E-state index contributed by atoms with van der Waals surface area (Å²) in [5.74, 6) is 1.06. The van der Waals surface area contributed by atoms with Crippen LogP contribution in [0.4, 0.5) is 11.4 Å². The Morgan fingerprint density at radius 3 is 2.25 bits per heavy atom. The number of nitrogens with one attached hydrogen (secondary N) is 1. The molecule has 1 amide bonds. The molecule has 28 heavy (non-hydrogen) atoms. The Bertz CT molecular complexity index is 797. The zero-order valence-electron chi connectivity index (χ0n) is 16.7. The minimum absolute atomic E-state index is 0.258. The molecule has 7 nitrogen and oxygen atoms in total. The Morgan fingerprint density at radius 1 is 1.07 bits per heavy atom. The maximum atomic E-state index is 12.7. The average Bonchev–Trinajstić information content (AvgIpc) is 2.73. The Morgan fingerprint density at radius 2 is 1.71 bits per heavy atom. The summed E-state index contributed by atoms with van der Waals surface area (Å²) >= 11 is 0. The smallest absolute Gasteiger partial charge is 0.255 e. The summed E-state index contributed by atoms with van der Waals surface area (Å²) in [5, 5.41) is 2.91. The molecule has 1 saturated heterocycles. The number of hydrogen-bond donors (Lipinski definition) is 1. The molecule has 7 heteroatoms. The lowest BCUT2D eigenvalue weighted by Crippen LogP contribution is -2.43. The number of carbonyl (C=O) groups excluding carboxylic acids is 1. The summed E-state index contributed by atoms with van der Waals surface area (Å²) in [7, 11) is 4.56. The van der Waals surface area contributed by atoms with E-state index < -0.39 is 0 Å². The standard InChI is InChI=1S/C21H26N2O5/c1-14-13-28-10-9-23(14)17-7-5-16(6-8-17)22-21(24)15-11-18(25-2)20(27-4)19(12-15)26-3/h5-8,11-12,14H,9-10,13H2,1-4H3,(H,22,24). The van der Waals surface area contributed by atoms with Crippen molar-refractivity contribution in [2.24, 2.45) is 0 Å². The first-order chi connectivity index (χ1) is 13.6. The lowest BCUT2D eigenvalue weighted by atomic mass is 10.1. The molecular weight excluding hydrogens is 360 g/mol. The molecule has 1 aliphatic heterocycles. The molecule has 1 fully saturated rings. The van der Waals surface area contributed by atoms with Gasteiger partial charge in [-0.1, -0.05) is 0 Å². The van der Waals surface area contributed by atoms with Gasteiger partial charge < -0.3 is 29.2 Å². The van der Waals surface area contributed by atoms with Gasteiger partial charge in [0.25, 0.3) is 5.91 Å².